The van der Waals surface area contributed by atoms with Gasteiger partial charge in [-0.2, -0.15) is 0 Å². The van der Waals surface area contributed by atoms with Gasteiger partial charge in [0.05, 0.1) is 12.9 Å². The van der Waals surface area contributed by atoms with Crippen molar-refractivity contribution in [1.82, 2.24) is 5.09 Å². The fraction of sp³-hybridized carbons (Fsp3) is 0.857. The minimum Gasteiger partial charge on any atom is -0.327 e. The van der Waals surface area contributed by atoms with Crippen LogP contribution >= 0.6 is 17.0 Å². The molecule has 0 aliphatic carbocycles. The van der Waals surface area contributed by atoms with Gasteiger partial charge in [-0.15, -0.1) is 0 Å². The van der Waals surface area contributed by atoms with Crippen molar-refractivity contribution in [3.8, 4) is 0 Å². The monoisotopic (exact) mass is 240 g/mol. The van der Waals surface area contributed by atoms with Gasteiger partial charge in [0.2, 0.25) is 5.62 Å². The Morgan fingerprint density at radius 1 is 1.69 bits per heavy atom. The molecule has 13 heavy (non-hydrogen) atoms. The molecule has 0 spiro atoms. The first-order chi connectivity index (χ1) is 6.04. The molecule has 3 nitrogen and oxygen atoms in total. The number of nitrogens with one attached hydrogen (secondary N) is 1. The molecule has 0 bridgehead atoms. The third-order valence-corrected chi connectivity index (χ3v) is 6.86. The van der Waals surface area contributed by atoms with Crippen molar-refractivity contribution in [2.45, 2.75) is 26.0 Å². The van der Waals surface area contributed by atoms with Crippen LogP contribution in [0.3, 0.4) is 0 Å². The van der Waals surface area contributed by atoms with E-state index in [0.717, 1.165) is 0 Å². The van der Waals surface area contributed by atoms with E-state index in [1.807, 2.05) is 6.92 Å². The molecule has 0 aromatic carbocycles. The molecule has 0 aromatic rings. The largest absolute Gasteiger partial charge is 0.327 e. The first kappa shape index (κ1) is 13.4. The maximum atomic E-state index is 5.53. The average molecular weight is 240 g/mol. The van der Waals surface area contributed by atoms with Crippen LogP contribution in [0.4, 0.5) is 0 Å². The van der Waals surface area contributed by atoms with Crippen LogP contribution in [-0.2, 0) is 16.3 Å². The molecule has 1 N–H and O–H groups in total. The summed E-state index contributed by atoms with van der Waals surface area (Å²) in [6.45, 7) is 6.80. The van der Waals surface area contributed by atoms with Crippen molar-refractivity contribution in [2.75, 3.05) is 13.7 Å². The van der Waals surface area contributed by atoms with Crippen LogP contribution in [-0.4, -0.2) is 25.2 Å². The van der Waals surface area contributed by atoms with Crippen LogP contribution < -0.4 is 5.09 Å². The number of aliphatic imine (C=N–C) groups is 1. The Bertz CT molecular complexity index is 209. The van der Waals surface area contributed by atoms with E-state index in [1.54, 1.807) is 24.8 Å². The van der Waals surface area contributed by atoms with Crippen molar-refractivity contribution in [3.63, 3.8) is 0 Å². The van der Waals surface area contributed by atoms with E-state index >= 15 is 0 Å². The van der Waals surface area contributed by atoms with E-state index in [4.69, 9.17) is 16.3 Å². The van der Waals surface area contributed by atoms with Crippen LogP contribution in [0.1, 0.15) is 20.8 Å². The lowest BCUT2D eigenvalue weighted by Crippen LogP contribution is -2.09. The third-order valence-electron chi connectivity index (χ3n) is 0.994. The molecule has 1 atom stereocenters. The molecule has 0 saturated carbocycles. The van der Waals surface area contributed by atoms with Gasteiger partial charge in [-0.3, -0.25) is 4.99 Å². The summed E-state index contributed by atoms with van der Waals surface area (Å²) in [4.78, 5) is 3.84. The molecular formula is C7H17N2OPS2. The van der Waals surface area contributed by atoms with Crippen molar-refractivity contribution in [2.24, 2.45) is 4.99 Å². The molecule has 0 aliphatic rings. The van der Waals surface area contributed by atoms with Crippen LogP contribution in [0.15, 0.2) is 4.99 Å². The molecular weight excluding hydrogens is 223 g/mol. The third kappa shape index (κ3) is 6.49. The minimum atomic E-state index is -1.94. The van der Waals surface area contributed by atoms with Crippen LogP contribution in [0.2, 0.25) is 0 Å². The van der Waals surface area contributed by atoms with Crippen molar-refractivity contribution >= 4 is 35.1 Å². The van der Waals surface area contributed by atoms with E-state index in [-0.39, 0.29) is 0 Å². The summed E-state index contributed by atoms with van der Waals surface area (Å²) in [6.07, 6.45) is 1.62. The molecule has 0 heterocycles. The predicted octanol–water partition coefficient (Wildman–Crippen LogP) is 2.64. The van der Waals surface area contributed by atoms with Gasteiger partial charge in [-0.25, -0.2) is 0 Å². The van der Waals surface area contributed by atoms with Gasteiger partial charge in [0.1, 0.15) is 0 Å². The van der Waals surface area contributed by atoms with Gasteiger partial charge >= 0.3 is 0 Å². The maximum absolute atomic E-state index is 5.53. The molecule has 6 heteroatoms. The maximum Gasteiger partial charge on any atom is 0.211 e. The van der Waals surface area contributed by atoms with Crippen molar-refractivity contribution in [1.29, 1.82) is 0 Å². The van der Waals surface area contributed by atoms with Crippen LogP contribution in [0, 0.1) is 0 Å². The fourth-order valence-electron chi connectivity index (χ4n) is 0.674. The van der Waals surface area contributed by atoms with Crippen molar-refractivity contribution < 1.29 is 4.52 Å². The van der Waals surface area contributed by atoms with Gasteiger partial charge in [0, 0.05) is 12.3 Å². The molecule has 78 valence electrons. The standard InChI is InChI=1S/C7H17N2OPS2/c1-5-10-11(12,9-6-8-4)13-7(2)3/h6-7H,5H2,1-4H3,(H,8,9,12). The highest BCUT2D eigenvalue weighted by atomic mass is 32.9. The van der Waals surface area contributed by atoms with E-state index in [0.29, 0.717) is 11.9 Å². The molecule has 0 fully saturated rings. The highest BCUT2D eigenvalue weighted by Gasteiger charge is 2.18. The van der Waals surface area contributed by atoms with Crippen molar-refractivity contribution in [3.05, 3.63) is 0 Å². The summed E-state index contributed by atoms with van der Waals surface area (Å²) in [5.74, 6) is 0. The Balaban J connectivity index is 4.24. The SMILES string of the molecule is CCOP(=S)(NC=NC)SC(C)C. The molecule has 0 radical (unpaired) electrons. The number of rotatable bonds is 6. The van der Waals surface area contributed by atoms with E-state index < -0.39 is 5.62 Å². The highest BCUT2D eigenvalue weighted by molar-refractivity contribution is 8.69. The summed E-state index contributed by atoms with van der Waals surface area (Å²) >= 11 is 7.06. The Morgan fingerprint density at radius 3 is 2.69 bits per heavy atom. The van der Waals surface area contributed by atoms with Gasteiger partial charge in [0.25, 0.3) is 0 Å². The summed E-state index contributed by atoms with van der Waals surface area (Å²) in [5.41, 5.74) is -1.94. The predicted molar refractivity (Wildman–Crippen MR) is 66.2 cm³/mol. The molecule has 0 aliphatic heterocycles. The fourth-order valence-corrected chi connectivity index (χ4v) is 6.52. The lowest BCUT2D eigenvalue weighted by molar-refractivity contribution is 0.383. The van der Waals surface area contributed by atoms with Gasteiger partial charge < -0.3 is 9.61 Å². The van der Waals surface area contributed by atoms with Crippen LogP contribution in [0.5, 0.6) is 0 Å². The lowest BCUT2D eigenvalue weighted by atomic mass is 10.6. The Labute approximate surface area is 89.6 Å². The Hall–Kier alpha value is 0.430. The average Bonchev–Trinajstić information content (AvgIpc) is 2.00. The number of hydrogen-bond donors (Lipinski definition) is 1. The zero-order chi connectivity index (χ0) is 10.3. The topological polar surface area (TPSA) is 33.6 Å². The summed E-state index contributed by atoms with van der Waals surface area (Å²) in [5, 5.41) is 3.52. The molecule has 0 aromatic heterocycles. The summed E-state index contributed by atoms with van der Waals surface area (Å²) < 4.78 is 5.53. The first-order valence-corrected chi connectivity index (χ1v) is 8.36. The second-order valence-corrected chi connectivity index (χ2v) is 9.66. The zero-order valence-corrected chi connectivity index (χ0v) is 11.0. The van der Waals surface area contributed by atoms with Gasteiger partial charge in [-0.05, 0) is 18.7 Å². The second-order valence-electron chi connectivity index (χ2n) is 2.59. The van der Waals surface area contributed by atoms with E-state index in [9.17, 15) is 0 Å². The van der Waals surface area contributed by atoms with E-state index in [1.165, 1.54) is 0 Å². The van der Waals surface area contributed by atoms with Gasteiger partial charge in [-0.1, -0.05) is 25.2 Å². The molecule has 0 amide bonds. The summed E-state index contributed by atoms with van der Waals surface area (Å²) in [7, 11) is 1.71. The van der Waals surface area contributed by atoms with Gasteiger partial charge in [0.15, 0.2) is 0 Å². The summed E-state index contributed by atoms with van der Waals surface area (Å²) in [6, 6.07) is 0. The highest BCUT2D eigenvalue weighted by Crippen LogP contribution is 2.57. The quantitative estimate of drug-likeness (QED) is 0.439. The lowest BCUT2D eigenvalue weighted by Gasteiger charge is -2.21. The molecule has 0 saturated heterocycles. The zero-order valence-electron chi connectivity index (χ0n) is 8.48. The van der Waals surface area contributed by atoms with E-state index in [2.05, 4.69) is 23.9 Å². The molecule has 0 rings (SSSR count). The Morgan fingerprint density at radius 2 is 2.31 bits per heavy atom. The second kappa shape index (κ2) is 6.82. The molecule has 1 unspecified atom stereocenters. The smallest absolute Gasteiger partial charge is 0.211 e. The number of hydrogen-bond acceptors (Lipinski definition) is 4. The number of nitrogens with zero attached hydrogens (tertiary/aromatic N) is 1. The van der Waals surface area contributed by atoms with Crippen LogP contribution in [0.25, 0.3) is 0 Å². The minimum absolute atomic E-state index is 0.468. The Kier molecular flexibility index (Phi) is 7.05. The first-order valence-electron chi connectivity index (χ1n) is 4.15. The normalized spacial score (nSPS) is 16.4.